The highest BCUT2D eigenvalue weighted by Crippen LogP contribution is 2.32. The zero-order valence-electron chi connectivity index (χ0n) is 18.6. The molecule has 1 atom stereocenters. The van der Waals surface area contributed by atoms with Gasteiger partial charge in [0.05, 0.1) is 12.6 Å². The number of aliphatic imine (C=N–C) groups is 1. The monoisotopic (exact) mass is 452 g/mol. The lowest BCUT2D eigenvalue weighted by Crippen LogP contribution is -2.36. The highest BCUT2D eigenvalue weighted by atomic mass is 16.6. The van der Waals surface area contributed by atoms with E-state index in [1.54, 1.807) is 12.1 Å². The van der Waals surface area contributed by atoms with Crippen LogP contribution < -0.4 is 25.4 Å². The standard InChI is InChI=1S/C24H28N4O5/c1-16(29)25-14-17-4-6-18(7-5-17)23(30)28-24(26-15-20-3-2-10-31-20)27-19-8-9-21-22(13-19)33-12-11-32-21/h4-9,13,20H,2-3,10-12,14-15H2,1H3,(H,25,29)(H2,26,27,28,30)/t20-/m0/s1. The van der Waals surface area contributed by atoms with E-state index in [4.69, 9.17) is 14.2 Å². The first-order valence-electron chi connectivity index (χ1n) is 11.0. The summed E-state index contributed by atoms with van der Waals surface area (Å²) in [5.41, 5.74) is 2.11. The van der Waals surface area contributed by atoms with Gasteiger partial charge in [-0.25, -0.2) is 4.99 Å². The Labute approximate surface area is 192 Å². The number of hydrogen-bond donors (Lipinski definition) is 3. The summed E-state index contributed by atoms with van der Waals surface area (Å²) in [6, 6.07) is 12.5. The maximum absolute atomic E-state index is 12.9. The Morgan fingerprint density at radius 3 is 2.55 bits per heavy atom. The molecular weight excluding hydrogens is 424 g/mol. The van der Waals surface area contributed by atoms with Crippen molar-refractivity contribution in [3.63, 3.8) is 0 Å². The molecular formula is C24H28N4O5. The summed E-state index contributed by atoms with van der Waals surface area (Å²) in [6.07, 6.45) is 2.01. The number of guanidine groups is 1. The number of carbonyl (C=O) groups excluding carboxylic acids is 2. The predicted molar refractivity (Wildman–Crippen MR) is 124 cm³/mol. The summed E-state index contributed by atoms with van der Waals surface area (Å²) < 4.78 is 16.9. The second-order valence-electron chi connectivity index (χ2n) is 7.87. The van der Waals surface area contributed by atoms with Gasteiger partial charge in [-0.15, -0.1) is 0 Å². The van der Waals surface area contributed by atoms with Crippen LogP contribution in [0.2, 0.25) is 0 Å². The van der Waals surface area contributed by atoms with Gasteiger partial charge in [-0.2, -0.15) is 0 Å². The summed E-state index contributed by atoms with van der Waals surface area (Å²) in [4.78, 5) is 28.5. The minimum Gasteiger partial charge on any atom is -0.486 e. The molecule has 0 aliphatic carbocycles. The average molecular weight is 453 g/mol. The van der Waals surface area contributed by atoms with E-state index in [1.165, 1.54) is 6.92 Å². The van der Waals surface area contributed by atoms with Gasteiger partial charge in [0.15, 0.2) is 11.5 Å². The maximum atomic E-state index is 12.9. The largest absolute Gasteiger partial charge is 0.486 e. The predicted octanol–water partition coefficient (Wildman–Crippen LogP) is 2.47. The van der Waals surface area contributed by atoms with Crippen LogP contribution in [0.4, 0.5) is 5.69 Å². The van der Waals surface area contributed by atoms with Crippen LogP contribution in [-0.2, 0) is 16.1 Å². The normalized spacial score (nSPS) is 17.4. The van der Waals surface area contributed by atoms with Crippen molar-refractivity contribution in [2.24, 2.45) is 4.99 Å². The third-order valence-electron chi connectivity index (χ3n) is 5.27. The van der Waals surface area contributed by atoms with E-state index in [2.05, 4.69) is 20.9 Å². The van der Waals surface area contributed by atoms with Gasteiger partial charge in [0, 0.05) is 37.4 Å². The van der Waals surface area contributed by atoms with E-state index in [-0.39, 0.29) is 17.9 Å². The summed E-state index contributed by atoms with van der Waals surface area (Å²) in [5, 5.41) is 8.77. The molecule has 9 nitrogen and oxygen atoms in total. The summed E-state index contributed by atoms with van der Waals surface area (Å²) in [5.74, 6) is 1.26. The summed E-state index contributed by atoms with van der Waals surface area (Å²) >= 11 is 0. The van der Waals surface area contributed by atoms with Crippen LogP contribution in [0.5, 0.6) is 11.5 Å². The number of anilines is 1. The van der Waals surface area contributed by atoms with Crippen molar-refractivity contribution in [1.82, 2.24) is 10.6 Å². The van der Waals surface area contributed by atoms with Crippen LogP contribution in [0.3, 0.4) is 0 Å². The van der Waals surface area contributed by atoms with E-state index in [0.717, 1.165) is 30.7 Å². The molecule has 2 aromatic carbocycles. The highest BCUT2D eigenvalue weighted by Gasteiger charge is 2.17. The molecule has 2 aliphatic rings. The van der Waals surface area contributed by atoms with Gasteiger partial charge in [-0.05, 0) is 42.7 Å². The first-order chi connectivity index (χ1) is 16.1. The molecule has 174 valence electrons. The SMILES string of the molecule is CC(=O)NCc1ccc(C(=O)NC(=NC[C@@H]2CCCO2)Nc2ccc3c(c2)OCCO3)cc1. The van der Waals surface area contributed by atoms with E-state index >= 15 is 0 Å². The van der Waals surface area contributed by atoms with Crippen LogP contribution in [0.25, 0.3) is 0 Å². The van der Waals surface area contributed by atoms with Crippen molar-refractivity contribution < 1.29 is 23.8 Å². The van der Waals surface area contributed by atoms with E-state index in [1.807, 2.05) is 30.3 Å². The molecule has 1 fully saturated rings. The number of benzene rings is 2. The topological polar surface area (TPSA) is 110 Å². The Bertz CT molecular complexity index is 1020. The van der Waals surface area contributed by atoms with Gasteiger partial charge >= 0.3 is 0 Å². The fourth-order valence-corrected chi connectivity index (χ4v) is 3.53. The average Bonchev–Trinajstić information content (AvgIpc) is 3.35. The van der Waals surface area contributed by atoms with Gasteiger partial charge in [-0.1, -0.05) is 12.1 Å². The van der Waals surface area contributed by atoms with Crippen LogP contribution in [0.1, 0.15) is 35.7 Å². The molecule has 4 rings (SSSR count). The number of amides is 2. The zero-order chi connectivity index (χ0) is 23.0. The lowest BCUT2D eigenvalue weighted by atomic mass is 10.1. The van der Waals surface area contributed by atoms with Crippen molar-refractivity contribution in [3.05, 3.63) is 53.6 Å². The number of nitrogens with zero attached hydrogens (tertiary/aromatic N) is 1. The second kappa shape index (κ2) is 10.8. The lowest BCUT2D eigenvalue weighted by molar-refractivity contribution is -0.119. The van der Waals surface area contributed by atoms with Gasteiger partial charge in [0.1, 0.15) is 13.2 Å². The Hall–Kier alpha value is -3.59. The Balaban J connectivity index is 1.45. The molecule has 0 aromatic heterocycles. The van der Waals surface area contributed by atoms with Gasteiger partial charge in [0.25, 0.3) is 5.91 Å². The van der Waals surface area contributed by atoms with Crippen molar-refractivity contribution in [2.45, 2.75) is 32.4 Å². The van der Waals surface area contributed by atoms with Gasteiger partial charge in [-0.3, -0.25) is 14.9 Å². The molecule has 33 heavy (non-hydrogen) atoms. The smallest absolute Gasteiger partial charge is 0.257 e. The van der Waals surface area contributed by atoms with Crippen LogP contribution >= 0.6 is 0 Å². The molecule has 2 aliphatic heterocycles. The van der Waals surface area contributed by atoms with E-state index < -0.39 is 0 Å². The fourth-order valence-electron chi connectivity index (χ4n) is 3.53. The Morgan fingerprint density at radius 1 is 1.03 bits per heavy atom. The summed E-state index contributed by atoms with van der Waals surface area (Å²) in [7, 11) is 0. The molecule has 0 bridgehead atoms. The number of ether oxygens (including phenoxy) is 3. The van der Waals surface area contributed by atoms with Crippen molar-refractivity contribution >= 4 is 23.5 Å². The number of fused-ring (bicyclic) bond motifs is 1. The third-order valence-corrected chi connectivity index (χ3v) is 5.27. The minimum absolute atomic E-state index is 0.0482. The molecule has 9 heteroatoms. The molecule has 0 radical (unpaired) electrons. The van der Waals surface area contributed by atoms with Crippen molar-refractivity contribution in [3.8, 4) is 11.5 Å². The van der Waals surface area contributed by atoms with Crippen LogP contribution in [0, 0.1) is 0 Å². The second-order valence-corrected chi connectivity index (χ2v) is 7.87. The number of rotatable bonds is 6. The van der Waals surface area contributed by atoms with Gasteiger partial charge in [0.2, 0.25) is 11.9 Å². The number of hydrogen-bond acceptors (Lipinski definition) is 6. The van der Waals surface area contributed by atoms with Crippen molar-refractivity contribution in [1.29, 1.82) is 0 Å². The molecule has 1 saturated heterocycles. The van der Waals surface area contributed by atoms with Crippen LogP contribution in [0.15, 0.2) is 47.5 Å². The van der Waals surface area contributed by atoms with Crippen molar-refractivity contribution in [2.75, 3.05) is 31.7 Å². The first-order valence-corrected chi connectivity index (χ1v) is 11.0. The maximum Gasteiger partial charge on any atom is 0.257 e. The number of carbonyl (C=O) groups is 2. The molecule has 2 aromatic rings. The molecule has 0 unspecified atom stereocenters. The zero-order valence-corrected chi connectivity index (χ0v) is 18.6. The number of nitrogens with one attached hydrogen (secondary N) is 3. The summed E-state index contributed by atoms with van der Waals surface area (Å²) in [6.45, 7) is 4.08. The molecule has 0 saturated carbocycles. The highest BCUT2D eigenvalue weighted by molar-refractivity contribution is 6.10. The fraction of sp³-hybridized carbons (Fsp3) is 0.375. The molecule has 2 heterocycles. The molecule has 2 amide bonds. The van der Waals surface area contributed by atoms with E-state index in [9.17, 15) is 9.59 Å². The minimum atomic E-state index is -0.294. The van der Waals surface area contributed by atoms with E-state index in [0.29, 0.717) is 49.3 Å². The first kappa shape index (κ1) is 22.6. The molecule has 3 N–H and O–H groups in total. The Kier molecular flexibility index (Phi) is 7.41. The van der Waals surface area contributed by atoms with Gasteiger partial charge < -0.3 is 24.8 Å². The third kappa shape index (κ3) is 6.45. The van der Waals surface area contributed by atoms with Crippen LogP contribution in [-0.4, -0.2) is 50.2 Å². The Morgan fingerprint density at radius 2 is 1.82 bits per heavy atom. The molecule has 0 spiro atoms. The quantitative estimate of drug-likeness (QED) is 0.459. The lowest BCUT2D eigenvalue weighted by Gasteiger charge is -2.19.